The molecule has 0 bridgehead atoms. The Labute approximate surface area is 105 Å². The lowest BCUT2D eigenvalue weighted by Crippen LogP contribution is -2.41. The van der Waals surface area contributed by atoms with Crippen molar-refractivity contribution in [2.45, 2.75) is 65.5 Å². The quantitative estimate of drug-likeness (QED) is 0.730. The van der Waals surface area contributed by atoms with Crippen molar-refractivity contribution < 1.29 is 9.53 Å². The molecular formula is C14H25NO2. The first kappa shape index (κ1) is 14.1. The van der Waals surface area contributed by atoms with Crippen LogP contribution in [0.15, 0.2) is 12.3 Å². The van der Waals surface area contributed by atoms with E-state index < -0.39 is 5.60 Å². The van der Waals surface area contributed by atoms with Crippen LogP contribution in [0.25, 0.3) is 0 Å². The standard InChI is InChI=1S/C14H25NO2/c1-11(2)10-12-8-6-7-9-15(12)13(16)17-14(3,4)5/h7,9,11-12H,6,8,10H2,1-5H3. The van der Waals surface area contributed by atoms with Gasteiger partial charge >= 0.3 is 6.09 Å². The Kier molecular flexibility index (Phi) is 4.61. The molecule has 1 heterocycles. The van der Waals surface area contributed by atoms with E-state index in [1.54, 1.807) is 4.90 Å². The summed E-state index contributed by atoms with van der Waals surface area (Å²) in [4.78, 5) is 13.8. The van der Waals surface area contributed by atoms with Crippen LogP contribution in [0.4, 0.5) is 4.79 Å². The van der Waals surface area contributed by atoms with Crippen LogP contribution in [0.5, 0.6) is 0 Å². The van der Waals surface area contributed by atoms with Crippen LogP contribution < -0.4 is 0 Å². The molecule has 0 saturated heterocycles. The minimum absolute atomic E-state index is 0.223. The number of hydrogen-bond donors (Lipinski definition) is 0. The number of amides is 1. The van der Waals surface area contributed by atoms with Crippen molar-refractivity contribution >= 4 is 6.09 Å². The van der Waals surface area contributed by atoms with Crippen molar-refractivity contribution in [3.05, 3.63) is 12.3 Å². The molecule has 17 heavy (non-hydrogen) atoms. The van der Waals surface area contributed by atoms with Gasteiger partial charge in [0.15, 0.2) is 0 Å². The van der Waals surface area contributed by atoms with Crippen LogP contribution in [0.1, 0.15) is 53.9 Å². The molecule has 0 aliphatic carbocycles. The fourth-order valence-corrected chi connectivity index (χ4v) is 2.04. The molecule has 0 aromatic rings. The van der Waals surface area contributed by atoms with E-state index in [1.165, 1.54) is 0 Å². The molecule has 0 saturated carbocycles. The van der Waals surface area contributed by atoms with Crippen molar-refractivity contribution in [1.82, 2.24) is 4.90 Å². The average Bonchev–Trinajstić information content (AvgIpc) is 2.14. The second-order valence-corrected chi connectivity index (χ2v) is 6.13. The van der Waals surface area contributed by atoms with Gasteiger partial charge in [0.05, 0.1) is 0 Å². The van der Waals surface area contributed by atoms with Crippen molar-refractivity contribution in [2.75, 3.05) is 0 Å². The number of ether oxygens (including phenoxy) is 1. The van der Waals surface area contributed by atoms with E-state index in [0.717, 1.165) is 19.3 Å². The van der Waals surface area contributed by atoms with Crippen LogP contribution in [0, 0.1) is 5.92 Å². The summed E-state index contributed by atoms with van der Waals surface area (Å²) >= 11 is 0. The molecule has 0 fully saturated rings. The number of allylic oxidation sites excluding steroid dienone is 1. The average molecular weight is 239 g/mol. The van der Waals surface area contributed by atoms with Gasteiger partial charge in [-0.3, -0.25) is 4.90 Å². The van der Waals surface area contributed by atoms with Gasteiger partial charge in [-0.25, -0.2) is 4.79 Å². The lowest BCUT2D eigenvalue weighted by molar-refractivity contribution is 0.0234. The summed E-state index contributed by atoms with van der Waals surface area (Å²) in [6.45, 7) is 10.1. The van der Waals surface area contributed by atoms with Gasteiger partial charge in [0.1, 0.15) is 5.60 Å². The Hall–Kier alpha value is -0.990. The monoisotopic (exact) mass is 239 g/mol. The van der Waals surface area contributed by atoms with Gasteiger partial charge in [0.25, 0.3) is 0 Å². The van der Waals surface area contributed by atoms with E-state index in [-0.39, 0.29) is 12.1 Å². The molecule has 0 aromatic carbocycles. The minimum atomic E-state index is -0.426. The third kappa shape index (κ3) is 4.80. The topological polar surface area (TPSA) is 29.5 Å². The molecule has 1 amide bonds. The molecule has 0 N–H and O–H groups in total. The van der Waals surface area contributed by atoms with Crippen LogP contribution in [0.2, 0.25) is 0 Å². The van der Waals surface area contributed by atoms with Crippen LogP contribution in [-0.4, -0.2) is 22.6 Å². The first-order valence-electron chi connectivity index (χ1n) is 6.47. The van der Waals surface area contributed by atoms with E-state index in [2.05, 4.69) is 13.8 Å². The first-order chi connectivity index (χ1) is 7.79. The lowest BCUT2D eigenvalue weighted by Gasteiger charge is -2.34. The molecule has 3 heteroatoms. The normalized spacial score (nSPS) is 20.8. The first-order valence-corrected chi connectivity index (χ1v) is 6.47. The van der Waals surface area contributed by atoms with Gasteiger partial charge in [-0.2, -0.15) is 0 Å². The van der Waals surface area contributed by atoms with Crippen molar-refractivity contribution in [1.29, 1.82) is 0 Å². The van der Waals surface area contributed by atoms with Gasteiger partial charge in [0.2, 0.25) is 0 Å². The number of carbonyl (C=O) groups excluding carboxylic acids is 1. The summed E-state index contributed by atoms with van der Waals surface area (Å²) in [5.41, 5.74) is -0.426. The van der Waals surface area contributed by atoms with Crippen LogP contribution in [0.3, 0.4) is 0 Å². The van der Waals surface area contributed by atoms with E-state index in [1.807, 2.05) is 33.0 Å². The third-order valence-corrected chi connectivity index (χ3v) is 2.67. The Morgan fingerprint density at radius 2 is 2.12 bits per heavy atom. The zero-order valence-electron chi connectivity index (χ0n) is 11.7. The van der Waals surface area contributed by atoms with Gasteiger partial charge in [-0.15, -0.1) is 0 Å². The molecule has 0 aromatic heterocycles. The Morgan fingerprint density at radius 1 is 1.47 bits per heavy atom. The number of hydrogen-bond acceptors (Lipinski definition) is 2. The Bertz CT molecular complexity index is 289. The summed E-state index contributed by atoms with van der Waals surface area (Å²) in [6.07, 6.45) is 6.82. The summed E-state index contributed by atoms with van der Waals surface area (Å²) in [7, 11) is 0. The van der Waals surface area contributed by atoms with E-state index in [9.17, 15) is 4.79 Å². The largest absolute Gasteiger partial charge is 0.443 e. The van der Waals surface area contributed by atoms with E-state index in [0.29, 0.717) is 5.92 Å². The molecule has 0 radical (unpaired) electrons. The second kappa shape index (κ2) is 5.56. The number of rotatable bonds is 2. The highest BCUT2D eigenvalue weighted by Gasteiger charge is 2.28. The maximum atomic E-state index is 12.1. The van der Waals surface area contributed by atoms with E-state index >= 15 is 0 Å². The van der Waals surface area contributed by atoms with Gasteiger partial charge in [-0.05, 0) is 46.0 Å². The SMILES string of the molecule is CC(C)CC1CCC=CN1C(=O)OC(C)(C)C. The number of nitrogens with zero attached hydrogens (tertiary/aromatic N) is 1. The van der Waals surface area contributed by atoms with E-state index in [4.69, 9.17) is 4.74 Å². The molecule has 1 aliphatic heterocycles. The van der Waals surface area contributed by atoms with Crippen molar-refractivity contribution in [3.8, 4) is 0 Å². The molecule has 3 nitrogen and oxygen atoms in total. The highest BCUT2D eigenvalue weighted by molar-refractivity contribution is 5.70. The fourth-order valence-electron chi connectivity index (χ4n) is 2.04. The fraction of sp³-hybridized carbons (Fsp3) is 0.786. The molecule has 98 valence electrons. The summed E-state index contributed by atoms with van der Waals surface area (Å²) in [5.74, 6) is 0.594. The molecule has 1 rings (SSSR count). The smallest absolute Gasteiger partial charge is 0.414 e. The van der Waals surface area contributed by atoms with Crippen LogP contribution in [-0.2, 0) is 4.74 Å². The number of carbonyl (C=O) groups is 1. The van der Waals surface area contributed by atoms with Gasteiger partial charge in [0, 0.05) is 12.2 Å². The maximum Gasteiger partial charge on any atom is 0.414 e. The predicted molar refractivity (Wildman–Crippen MR) is 69.7 cm³/mol. The highest BCUT2D eigenvalue weighted by atomic mass is 16.6. The molecule has 0 spiro atoms. The lowest BCUT2D eigenvalue weighted by atomic mass is 9.97. The van der Waals surface area contributed by atoms with Crippen molar-refractivity contribution in [2.24, 2.45) is 5.92 Å². The minimum Gasteiger partial charge on any atom is -0.443 e. The molecular weight excluding hydrogens is 214 g/mol. The second-order valence-electron chi connectivity index (χ2n) is 6.13. The Balaban J connectivity index is 2.67. The van der Waals surface area contributed by atoms with Gasteiger partial charge in [-0.1, -0.05) is 19.9 Å². The highest BCUT2D eigenvalue weighted by Crippen LogP contribution is 2.23. The molecule has 1 unspecified atom stereocenters. The zero-order chi connectivity index (χ0) is 13.1. The summed E-state index contributed by atoms with van der Waals surface area (Å²) < 4.78 is 5.42. The summed E-state index contributed by atoms with van der Waals surface area (Å²) in [6, 6.07) is 0.287. The predicted octanol–water partition coefficient (Wildman–Crippen LogP) is 3.95. The molecule has 1 aliphatic rings. The maximum absolute atomic E-state index is 12.1. The zero-order valence-corrected chi connectivity index (χ0v) is 11.7. The van der Waals surface area contributed by atoms with Crippen molar-refractivity contribution in [3.63, 3.8) is 0 Å². The summed E-state index contributed by atoms with van der Waals surface area (Å²) in [5, 5.41) is 0. The molecule has 1 atom stereocenters. The van der Waals surface area contributed by atoms with Gasteiger partial charge < -0.3 is 4.74 Å². The van der Waals surface area contributed by atoms with Crippen LogP contribution >= 0.6 is 0 Å². The third-order valence-electron chi connectivity index (χ3n) is 2.67. The Morgan fingerprint density at radius 3 is 2.65 bits per heavy atom.